The SMILES string of the molecule is C=C1CN(I)[C@H]2[C@@H](C(=O)N(C)[C@H](C(=O)N[C@H]3Cc4cccc(c4)-c4ccc5c(c4)c(c(-c4cccnc4[C@H](C)OC)n5CC)CC(C)(C)COC(=O)[C@@H]4CCCN(N4)C3=O)C(C)C)CCN2C1=O. The molecule has 0 unspecified atom stereocenters. The van der Waals surface area contributed by atoms with E-state index in [-0.39, 0.29) is 36.9 Å². The number of hydrazine groups is 1. The zero-order chi connectivity index (χ0) is 48.8. The van der Waals surface area contributed by atoms with Gasteiger partial charge in [0.25, 0.3) is 11.8 Å². The topological polar surface area (TPSA) is 159 Å². The quantitative estimate of drug-likeness (QED) is 0.0808. The second-order valence-corrected chi connectivity index (χ2v) is 21.2. The number of esters is 1. The molecule has 4 aromatic rings. The molecule has 16 heteroatoms. The number of hydrogen-bond acceptors (Lipinski definition) is 10. The Morgan fingerprint density at radius 3 is 2.56 bits per heavy atom. The normalized spacial score (nSPS) is 23.3. The van der Waals surface area contributed by atoms with Crippen molar-refractivity contribution < 1.29 is 33.4 Å². The van der Waals surface area contributed by atoms with Crippen LogP contribution in [0, 0.1) is 17.3 Å². The van der Waals surface area contributed by atoms with Crippen LogP contribution in [-0.4, -0.2) is 122 Å². The molecule has 3 saturated heterocycles. The van der Waals surface area contributed by atoms with Crippen LogP contribution in [0.2, 0.25) is 0 Å². The summed E-state index contributed by atoms with van der Waals surface area (Å²) in [7, 11) is 3.32. The molecule has 8 rings (SSSR count). The summed E-state index contributed by atoms with van der Waals surface area (Å²) in [5.74, 6) is -2.58. The van der Waals surface area contributed by atoms with Crippen LogP contribution in [0.15, 0.2) is 72.9 Å². The van der Waals surface area contributed by atoms with Gasteiger partial charge < -0.3 is 29.2 Å². The van der Waals surface area contributed by atoms with Crippen molar-refractivity contribution in [1.29, 1.82) is 0 Å². The van der Waals surface area contributed by atoms with Crippen LogP contribution in [0.5, 0.6) is 0 Å². The van der Waals surface area contributed by atoms with Crippen LogP contribution in [-0.2, 0) is 52.8 Å². The Morgan fingerprint density at radius 1 is 1.06 bits per heavy atom. The Morgan fingerprint density at radius 2 is 1.82 bits per heavy atom. The van der Waals surface area contributed by atoms with Gasteiger partial charge in [-0.2, -0.15) is 0 Å². The number of aromatic nitrogens is 2. The number of methoxy groups -OCH3 is 1. The lowest BCUT2D eigenvalue weighted by Gasteiger charge is -2.40. The maximum absolute atomic E-state index is 14.8. The van der Waals surface area contributed by atoms with Crippen LogP contribution < -0.4 is 10.7 Å². The molecule has 0 spiro atoms. The Kier molecular flexibility index (Phi) is 14.5. The number of amides is 4. The third-order valence-electron chi connectivity index (χ3n) is 14.2. The molecule has 3 fully saturated rings. The fraction of sp³-hybridized carbons (Fsp3) is 0.500. The predicted molar refractivity (Wildman–Crippen MR) is 269 cm³/mol. The summed E-state index contributed by atoms with van der Waals surface area (Å²) in [4.78, 5) is 78.9. The summed E-state index contributed by atoms with van der Waals surface area (Å²) >= 11 is 2.15. The van der Waals surface area contributed by atoms with Crippen molar-refractivity contribution in [2.24, 2.45) is 17.3 Å². The summed E-state index contributed by atoms with van der Waals surface area (Å²) in [5.41, 5.74) is 10.9. The number of carbonyl (C=O) groups excluding carboxylic acids is 5. The van der Waals surface area contributed by atoms with E-state index < -0.39 is 53.4 Å². The molecule has 0 aliphatic carbocycles. The van der Waals surface area contributed by atoms with E-state index in [0.29, 0.717) is 57.4 Å². The molecule has 2 aromatic heterocycles. The van der Waals surface area contributed by atoms with Gasteiger partial charge in [-0.1, -0.05) is 64.6 Å². The highest BCUT2D eigenvalue weighted by Gasteiger charge is 2.49. The number of carbonyl (C=O) groups is 5. The molecule has 15 nitrogen and oxygen atoms in total. The zero-order valence-electron chi connectivity index (χ0n) is 40.5. The lowest BCUT2D eigenvalue weighted by atomic mass is 9.84. The maximum atomic E-state index is 14.8. The van der Waals surface area contributed by atoms with Crippen molar-refractivity contribution in [3.8, 4) is 22.4 Å². The lowest BCUT2D eigenvalue weighted by Crippen LogP contribution is -2.62. The average Bonchev–Trinajstić information content (AvgIpc) is 3.91. The molecule has 4 aliphatic rings. The number of benzene rings is 2. The fourth-order valence-corrected chi connectivity index (χ4v) is 11.8. The molecule has 6 bridgehead atoms. The number of rotatable bonds is 9. The number of nitrogens with zero attached hydrogens (tertiary/aromatic N) is 6. The molecule has 4 amide bonds. The molecule has 6 heterocycles. The van der Waals surface area contributed by atoms with Crippen molar-refractivity contribution >= 4 is 63.4 Å². The van der Waals surface area contributed by atoms with E-state index in [4.69, 9.17) is 14.5 Å². The minimum atomic E-state index is -1.06. The Bertz CT molecular complexity index is 2630. The van der Waals surface area contributed by atoms with Crippen molar-refractivity contribution in [2.75, 3.05) is 40.4 Å². The second-order valence-electron chi connectivity index (χ2n) is 20.0. The smallest absolute Gasteiger partial charge is 0.324 e. The first-order valence-electron chi connectivity index (χ1n) is 23.9. The van der Waals surface area contributed by atoms with Crippen LogP contribution in [0.25, 0.3) is 33.3 Å². The Hall–Kier alpha value is -5.17. The van der Waals surface area contributed by atoms with Crippen molar-refractivity contribution in [3.05, 3.63) is 89.8 Å². The van der Waals surface area contributed by atoms with Crippen LogP contribution in [0.4, 0.5) is 0 Å². The molecule has 6 atom stereocenters. The number of pyridine rings is 1. The molecule has 2 N–H and O–H groups in total. The summed E-state index contributed by atoms with van der Waals surface area (Å²) in [6, 6.07) is 15.9. The number of ether oxygens (including phenoxy) is 2. The average molecular weight is 1040 g/mol. The maximum Gasteiger partial charge on any atom is 0.324 e. The highest BCUT2D eigenvalue weighted by Crippen LogP contribution is 2.42. The van der Waals surface area contributed by atoms with E-state index in [1.165, 1.54) is 9.91 Å². The number of nitrogens with one attached hydrogen (secondary N) is 2. The molecule has 0 saturated carbocycles. The summed E-state index contributed by atoms with van der Waals surface area (Å²) in [6.45, 7) is 18.0. The van der Waals surface area contributed by atoms with E-state index in [2.05, 4.69) is 102 Å². The van der Waals surface area contributed by atoms with Gasteiger partial charge in [0.1, 0.15) is 24.3 Å². The Labute approximate surface area is 413 Å². The van der Waals surface area contributed by atoms with Crippen molar-refractivity contribution in [3.63, 3.8) is 0 Å². The molecule has 362 valence electrons. The first-order chi connectivity index (χ1) is 32.4. The Balaban J connectivity index is 1.17. The largest absolute Gasteiger partial charge is 0.464 e. The standard InChI is InChI=1S/C52H65IN8O7/c1-10-58-42-19-18-35-26-38(42)39(45(58)36-16-12-21-54-43(36)32(5)67-9)27-52(6,7)29-68-51(66)40-17-13-22-61(56-40)50(65)41(25-33-14-11-15-34(35)24-33)55-46(62)44(30(2)3)57(8)49(64)37-20-23-59-47(37)60(53)28-31(4)48(59)63/h11-12,14-16,18-19,21,24,26,30,32,37,40-41,44,47,56H,4,10,13,17,20,22-23,25,27-29H2,1-3,5-9H3,(H,55,62)/t32-,37-,40-,41-,44-,47-/m0/s1. The van der Waals surface area contributed by atoms with Gasteiger partial charge in [-0.05, 0) is 92.0 Å². The number of hydrogen-bond donors (Lipinski definition) is 2. The highest BCUT2D eigenvalue weighted by atomic mass is 127. The minimum absolute atomic E-state index is 0.134. The van der Waals surface area contributed by atoms with E-state index in [1.54, 1.807) is 25.3 Å². The number of halogens is 1. The van der Waals surface area contributed by atoms with Gasteiger partial charge in [0.05, 0.1) is 30.0 Å². The van der Waals surface area contributed by atoms with E-state index in [1.807, 2.05) is 42.1 Å². The second kappa shape index (κ2) is 20.0. The molecular weight excluding hydrogens is 976 g/mol. The highest BCUT2D eigenvalue weighted by molar-refractivity contribution is 14.1. The number of fused-ring (bicyclic) bond motifs is 7. The van der Waals surface area contributed by atoms with Gasteiger partial charge >= 0.3 is 5.97 Å². The van der Waals surface area contributed by atoms with Crippen molar-refractivity contribution in [2.45, 2.75) is 111 Å². The molecule has 2 aromatic carbocycles. The monoisotopic (exact) mass is 1040 g/mol. The first-order valence-corrected chi connectivity index (χ1v) is 24.8. The van der Waals surface area contributed by atoms with Gasteiger partial charge in [0.15, 0.2) is 0 Å². The fourth-order valence-electron chi connectivity index (χ4n) is 10.7. The van der Waals surface area contributed by atoms with Gasteiger partial charge in [-0.15, -0.1) is 0 Å². The predicted octanol–water partition coefficient (Wildman–Crippen LogP) is 6.63. The van der Waals surface area contributed by atoms with Gasteiger partial charge in [-0.3, -0.25) is 34.0 Å². The van der Waals surface area contributed by atoms with Crippen LogP contribution >= 0.6 is 22.9 Å². The third-order valence-corrected chi connectivity index (χ3v) is 15.1. The van der Waals surface area contributed by atoms with E-state index in [0.717, 1.165) is 50.1 Å². The number of cyclic esters (lactones) is 1. The molecule has 4 aliphatic heterocycles. The minimum Gasteiger partial charge on any atom is -0.464 e. The van der Waals surface area contributed by atoms with Gasteiger partial charge in [0.2, 0.25) is 11.8 Å². The van der Waals surface area contributed by atoms with E-state index >= 15 is 0 Å². The van der Waals surface area contributed by atoms with Gasteiger partial charge in [-0.25, -0.2) is 8.54 Å². The van der Waals surface area contributed by atoms with E-state index in [9.17, 15) is 24.0 Å². The number of aryl methyl sites for hydroxylation is 1. The van der Waals surface area contributed by atoms with Crippen LogP contribution in [0.3, 0.4) is 0 Å². The summed E-state index contributed by atoms with van der Waals surface area (Å²) in [6.07, 6.45) is 3.28. The van der Waals surface area contributed by atoms with Gasteiger partial charge in [0, 0.05) is 103 Å². The third kappa shape index (κ3) is 9.57. The lowest BCUT2D eigenvalue weighted by molar-refractivity contribution is -0.155. The molecule has 0 radical (unpaired) electrons. The summed E-state index contributed by atoms with van der Waals surface area (Å²) in [5, 5.41) is 5.61. The molecular formula is C52H65IN8O7. The zero-order valence-corrected chi connectivity index (χ0v) is 42.7. The first kappa shape index (κ1) is 49.3. The molecule has 68 heavy (non-hydrogen) atoms. The van der Waals surface area contributed by atoms with Crippen molar-refractivity contribution in [1.82, 2.24) is 38.2 Å². The van der Waals surface area contributed by atoms with Crippen LogP contribution in [0.1, 0.15) is 83.7 Å². The summed E-state index contributed by atoms with van der Waals surface area (Å²) < 4.78 is 16.2. The number of likely N-dealkylation sites (N-methyl/N-ethyl adjacent to an activating group) is 1.